The van der Waals surface area contributed by atoms with Gasteiger partial charge in [0.05, 0.1) is 12.0 Å². The highest BCUT2D eigenvalue weighted by Gasteiger charge is 2.08. The fourth-order valence-corrected chi connectivity index (χ4v) is 3.47. The normalized spacial score (nSPS) is 11.1. The van der Waals surface area contributed by atoms with Gasteiger partial charge in [0, 0.05) is 0 Å². The topological polar surface area (TPSA) is 76.7 Å². The van der Waals surface area contributed by atoms with Gasteiger partial charge in [-0.05, 0) is 60.0 Å². The first-order chi connectivity index (χ1) is 15.2. The van der Waals surface area contributed by atoms with Crippen LogP contribution in [0.5, 0.6) is 5.75 Å². The quantitative estimate of drug-likeness (QED) is 0.242. The number of thioether (sulfide) groups is 1. The second-order valence-corrected chi connectivity index (χ2v) is 7.74. The number of nitrogens with one attached hydrogen (secondary N) is 1. The Morgan fingerprint density at radius 3 is 2.68 bits per heavy atom. The Hall–Kier alpha value is -3.58. The average molecular weight is 432 g/mol. The summed E-state index contributed by atoms with van der Waals surface area (Å²) in [6, 6.07) is 23.2. The molecular weight excluding hydrogens is 410 g/mol. The van der Waals surface area contributed by atoms with Crippen molar-refractivity contribution in [1.82, 2.24) is 10.4 Å². The Morgan fingerprint density at radius 1 is 1.10 bits per heavy atom. The number of rotatable bonds is 8. The first-order valence-electron chi connectivity index (χ1n) is 9.75. The Bertz CT molecular complexity index is 1170. The van der Waals surface area contributed by atoms with Crippen molar-refractivity contribution in [2.75, 3.05) is 5.75 Å². The summed E-state index contributed by atoms with van der Waals surface area (Å²) >= 11 is 1.23. The number of hydrogen-bond acceptors (Lipinski definition) is 6. The SMILES string of the molecule is Cc1ccccc1COc1ccc(/C=N\NC(=O)CSc2nc3ccccc3o2)cc1. The number of fused-ring (bicyclic) bond motifs is 1. The highest BCUT2D eigenvalue weighted by Crippen LogP contribution is 2.22. The molecule has 0 saturated carbocycles. The summed E-state index contributed by atoms with van der Waals surface area (Å²) in [5.41, 5.74) is 7.21. The summed E-state index contributed by atoms with van der Waals surface area (Å²) in [4.78, 5) is 16.3. The minimum absolute atomic E-state index is 0.163. The number of amides is 1. The molecule has 1 heterocycles. The first kappa shape index (κ1) is 20.7. The molecule has 7 heteroatoms. The van der Waals surface area contributed by atoms with E-state index in [1.807, 2.05) is 60.7 Å². The maximum absolute atomic E-state index is 12.0. The molecule has 0 atom stereocenters. The standard InChI is InChI=1S/C24H21N3O3S/c1-17-6-2-3-7-19(17)15-29-20-12-10-18(11-13-20)14-25-27-23(28)16-31-24-26-21-8-4-5-9-22(21)30-24/h2-14H,15-16H2,1H3,(H,27,28)/b25-14-. The highest BCUT2D eigenvalue weighted by molar-refractivity contribution is 7.99. The predicted octanol–water partition coefficient (Wildman–Crippen LogP) is 4.96. The Kier molecular flexibility index (Phi) is 6.64. The Morgan fingerprint density at radius 2 is 1.87 bits per heavy atom. The van der Waals surface area contributed by atoms with Crippen molar-refractivity contribution in [3.05, 3.63) is 89.5 Å². The van der Waals surface area contributed by atoms with Crippen molar-refractivity contribution in [3.8, 4) is 5.75 Å². The van der Waals surface area contributed by atoms with Crippen LogP contribution in [-0.2, 0) is 11.4 Å². The van der Waals surface area contributed by atoms with E-state index in [9.17, 15) is 4.79 Å². The third-order valence-corrected chi connectivity index (χ3v) is 5.37. The van der Waals surface area contributed by atoms with E-state index in [0.717, 1.165) is 22.4 Å². The summed E-state index contributed by atoms with van der Waals surface area (Å²) < 4.78 is 11.4. The fraction of sp³-hybridized carbons (Fsp3) is 0.125. The van der Waals surface area contributed by atoms with Gasteiger partial charge in [-0.25, -0.2) is 10.4 Å². The number of hydrazone groups is 1. The second-order valence-electron chi connectivity index (χ2n) is 6.81. The molecule has 0 spiro atoms. The number of para-hydroxylation sites is 2. The largest absolute Gasteiger partial charge is 0.489 e. The zero-order valence-electron chi connectivity index (χ0n) is 16.9. The molecule has 1 amide bonds. The monoisotopic (exact) mass is 431 g/mol. The van der Waals surface area contributed by atoms with Crippen LogP contribution in [0.15, 0.2) is 87.5 Å². The van der Waals surface area contributed by atoms with E-state index in [2.05, 4.69) is 34.6 Å². The molecule has 4 aromatic rings. The molecular formula is C24H21N3O3S. The summed E-state index contributed by atoms with van der Waals surface area (Å²) in [5, 5.41) is 4.46. The molecule has 0 aliphatic heterocycles. The smallest absolute Gasteiger partial charge is 0.257 e. The zero-order chi connectivity index (χ0) is 21.5. The molecule has 0 radical (unpaired) electrons. The summed E-state index contributed by atoms with van der Waals surface area (Å²) in [6.07, 6.45) is 1.59. The van der Waals surface area contributed by atoms with Gasteiger partial charge in [0.25, 0.3) is 11.1 Å². The molecule has 0 saturated heterocycles. The highest BCUT2D eigenvalue weighted by atomic mass is 32.2. The molecule has 1 N–H and O–H groups in total. The van der Waals surface area contributed by atoms with Crippen molar-refractivity contribution < 1.29 is 13.9 Å². The minimum Gasteiger partial charge on any atom is -0.489 e. The molecule has 0 fully saturated rings. The van der Waals surface area contributed by atoms with Crippen LogP contribution in [0, 0.1) is 6.92 Å². The van der Waals surface area contributed by atoms with E-state index >= 15 is 0 Å². The molecule has 0 bridgehead atoms. The lowest BCUT2D eigenvalue weighted by atomic mass is 10.1. The van der Waals surface area contributed by atoms with Crippen molar-refractivity contribution in [1.29, 1.82) is 0 Å². The molecule has 3 aromatic carbocycles. The summed E-state index contributed by atoms with van der Waals surface area (Å²) in [7, 11) is 0. The maximum Gasteiger partial charge on any atom is 0.257 e. The number of nitrogens with zero attached hydrogens (tertiary/aromatic N) is 2. The van der Waals surface area contributed by atoms with Gasteiger partial charge in [-0.3, -0.25) is 4.79 Å². The number of aromatic nitrogens is 1. The number of hydrogen-bond donors (Lipinski definition) is 1. The van der Waals surface area contributed by atoms with Gasteiger partial charge in [-0.15, -0.1) is 0 Å². The van der Waals surface area contributed by atoms with Crippen LogP contribution in [0.4, 0.5) is 0 Å². The number of ether oxygens (including phenoxy) is 1. The van der Waals surface area contributed by atoms with Gasteiger partial charge < -0.3 is 9.15 Å². The lowest BCUT2D eigenvalue weighted by Crippen LogP contribution is -2.19. The van der Waals surface area contributed by atoms with Crippen LogP contribution >= 0.6 is 11.8 Å². The number of carbonyl (C=O) groups is 1. The average Bonchev–Trinajstić information content (AvgIpc) is 3.21. The van der Waals surface area contributed by atoms with Gasteiger partial charge in [0.2, 0.25) is 0 Å². The summed E-state index contributed by atoms with van der Waals surface area (Å²) in [6.45, 7) is 2.59. The zero-order valence-corrected chi connectivity index (χ0v) is 17.8. The van der Waals surface area contributed by atoms with Gasteiger partial charge in [-0.2, -0.15) is 5.10 Å². The van der Waals surface area contributed by atoms with Crippen LogP contribution in [0.25, 0.3) is 11.1 Å². The summed E-state index contributed by atoms with van der Waals surface area (Å²) in [5.74, 6) is 0.705. The van der Waals surface area contributed by atoms with Crippen molar-refractivity contribution in [3.63, 3.8) is 0 Å². The van der Waals surface area contributed by atoms with Crippen molar-refractivity contribution in [2.24, 2.45) is 5.10 Å². The van der Waals surface area contributed by atoms with E-state index in [1.165, 1.54) is 17.3 Å². The maximum atomic E-state index is 12.0. The number of carbonyl (C=O) groups excluding carboxylic acids is 1. The second kappa shape index (κ2) is 9.95. The third kappa shape index (κ3) is 5.73. The van der Waals surface area contributed by atoms with Crippen LogP contribution in [-0.4, -0.2) is 22.9 Å². The van der Waals surface area contributed by atoms with Gasteiger partial charge >= 0.3 is 0 Å². The van der Waals surface area contributed by atoms with Crippen LogP contribution < -0.4 is 10.2 Å². The molecule has 0 aliphatic carbocycles. The van der Waals surface area contributed by atoms with Crippen LogP contribution in [0.2, 0.25) is 0 Å². The fourth-order valence-electron chi connectivity index (χ4n) is 2.83. The first-order valence-corrected chi connectivity index (χ1v) is 10.7. The van der Waals surface area contributed by atoms with Crippen LogP contribution in [0.1, 0.15) is 16.7 Å². The minimum atomic E-state index is -0.235. The lowest BCUT2D eigenvalue weighted by molar-refractivity contribution is -0.118. The van der Waals surface area contributed by atoms with E-state index in [1.54, 1.807) is 6.21 Å². The Labute approximate surface area is 184 Å². The van der Waals surface area contributed by atoms with Gasteiger partial charge in [0.1, 0.15) is 17.9 Å². The van der Waals surface area contributed by atoms with E-state index in [4.69, 9.17) is 9.15 Å². The van der Waals surface area contributed by atoms with Gasteiger partial charge in [0.15, 0.2) is 5.58 Å². The van der Waals surface area contributed by atoms with Gasteiger partial charge in [-0.1, -0.05) is 48.2 Å². The van der Waals surface area contributed by atoms with E-state index in [-0.39, 0.29) is 11.7 Å². The number of aryl methyl sites for hydroxylation is 1. The van der Waals surface area contributed by atoms with Crippen LogP contribution in [0.3, 0.4) is 0 Å². The van der Waals surface area contributed by atoms with Crippen molar-refractivity contribution >= 4 is 35.0 Å². The molecule has 0 unspecified atom stereocenters. The third-order valence-electron chi connectivity index (χ3n) is 4.54. The molecule has 0 aliphatic rings. The molecule has 156 valence electrons. The predicted molar refractivity (Wildman–Crippen MR) is 122 cm³/mol. The van der Waals surface area contributed by atoms with E-state index in [0.29, 0.717) is 17.4 Å². The molecule has 1 aromatic heterocycles. The molecule has 31 heavy (non-hydrogen) atoms. The number of oxazole rings is 1. The van der Waals surface area contributed by atoms with Crippen molar-refractivity contribution in [2.45, 2.75) is 18.8 Å². The molecule has 4 rings (SSSR count). The van der Waals surface area contributed by atoms with E-state index < -0.39 is 0 Å². The molecule has 6 nitrogen and oxygen atoms in total. The Balaban J connectivity index is 1.22. The number of benzene rings is 3. The lowest BCUT2D eigenvalue weighted by Gasteiger charge is -2.08.